The third kappa shape index (κ3) is 5.29. The van der Waals surface area contributed by atoms with Crippen LogP contribution in [0.3, 0.4) is 0 Å². The van der Waals surface area contributed by atoms with Crippen molar-refractivity contribution in [2.24, 2.45) is 5.92 Å². The quantitative estimate of drug-likeness (QED) is 0.756. The van der Waals surface area contributed by atoms with Gasteiger partial charge in [-0.05, 0) is 18.1 Å². The van der Waals surface area contributed by atoms with Crippen LogP contribution in [0, 0.1) is 17.6 Å². The lowest BCUT2D eigenvalue weighted by Crippen LogP contribution is -2.47. The average molecular weight is 343 g/mol. The van der Waals surface area contributed by atoms with Gasteiger partial charge >= 0.3 is 11.9 Å². The first-order valence-electron chi connectivity index (χ1n) is 7.17. The predicted octanol–water partition coefficient (Wildman–Crippen LogP) is 1.36. The molecule has 0 bridgehead atoms. The van der Waals surface area contributed by atoms with Crippen LogP contribution in [0.5, 0.6) is 0 Å². The molecule has 0 heterocycles. The van der Waals surface area contributed by atoms with E-state index in [0.717, 1.165) is 19.2 Å². The van der Waals surface area contributed by atoms with E-state index < -0.39 is 53.4 Å². The summed E-state index contributed by atoms with van der Waals surface area (Å²) in [6, 6.07) is 2.10. The van der Waals surface area contributed by atoms with Gasteiger partial charge in [0.05, 0.1) is 27.1 Å². The molecule has 0 aliphatic rings. The van der Waals surface area contributed by atoms with Crippen molar-refractivity contribution in [1.82, 2.24) is 5.32 Å². The van der Waals surface area contributed by atoms with Gasteiger partial charge < -0.3 is 14.8 Å². The lowest BCUT2D eigenvalue weighted by atomic mass is 9.97. The van der Waals surface area contributed by atoms with E-state index in [1.807, 2.05) is 0 Å². The highest BCUT2D eigenvalue weighted by Crippen LogP contribution is 2.14. The molecule has 24 heavy (non-hydrogen) atoms. The van der Waals surface area contributed by atoms with Gasteiger partial charge in [-0.2, -0.15) is 0 Å². The number of carbonyl (C=O) groups excluding carboxylic acids is 3. The van der Waals surface area contributed by atoms with E-state index in [1.54, 1.807) is 6.92 Å². The maximum Gasteiger partial charge on any atom is 0.328 e. The van der Waals surface area contributed by atoms with Crippen molar-refractivity contribution in [2.45, 2.75) is 25.8 Å². The van der Waals surface area contributed by atoms with Crippen LogP contribution in [0.15, 0.2) is 18.2 Å². The highest BCUT2D eigenvalue weighted by atomic mass is 19.1. The number of amides is 1. The fourth-order valence-electron chi connectivity index (χ4n) is 2.11. The SMILES string of the molecule is COC(=O)C[C@H](C)[C@@H](NC(=O)Cc1c(F)cccc1F)C(=O)OC. The van der Waals surface area contributed by atoms with Gasteiger partial charge in [0, 0.05) is 5.56 Å². The van der Waals surface area contributed by atoms with Crippen LogP contribution in [-0.4, -0.2) is 38.1 Å². The van der Waals surface area contributed by atoms with Crippen molar-refractivity contribution >= 4 is 17.8 Å². The van der Waals surface area contributed by atoms with Crippen LogP contribution in [0.2, 0.25) is 0 Å². The highest BCUT2D eigenvalue weighted by molar-refractivity contribution is 5.86. The Morgan fingerprint density at radius 1 is 1.12 bits per heavy atom. The molecule has 1 N–H and O–H groups in total. The van der Waals surface area contributed by atoms with Crippen molar-refractivity contribution in [3.05, 3.63) is 35.4 Å². The second kappa shape index (κ2) is 8.95. The average Bonchev–Trinajstić information content (AvgIpc) is 2.55. The summed E-state index contributed by atoms with van der Waals surface area (Å²) in [6.07, 6.45) is -0.721. The van der Waals surface area contributed by atoms with E-state index in [-0.39, 0.29) is 6.42 Å². The van der Waals surface area contributed by atoms with Crippen LogP contribution in [-0.2, 0) is 30.3 Å². The summed E-state index contributed by atoms with van der Waals surface area (Å²) in [5, 5.41) is 2.35. The topological polar surface area (TPSA) is 81.7 Å². The zero-order valence-electron chi connectivity index (χ0n) is 13.6. The second-order valence-corrected chi connectivity index (χ2v) is 5.20. The van der Waals surface area contributed by atoms with Crippen molar-refractivity contribution in [3.8, 4) is 0 Å². The fourth-order valence-corrected chi connectivity index (χ4v) is 2.11. The number of ether oxygens (including phenoxy) is 2. The van der Waals surface area contributed by atoms with Crippen molar-refractivity contribution in [2.75, 3.05) is 14.2 Å². The lowest BCUT2D eigenvalue weighted by molar-refractivity contribution is -0.148. The Kier molecular flexibility index (Phi) is 7.29. The largest absolute Gasteiger partial charge is 0.469 e. The van der Waals surface area contributed by atoms with Gasteiger partial charge in [-0.1, -0.05) is 13.0 Å². The summed E-state index contributed by atoms with van der Waals surface area (Å²) in [4.78, 5) is 35.2. The normalized spacial score (nSPS) is 12.9. The molecule has 0 saturated carbocycles. The molecule has 0 aromatic heterocycles. The molecule has 0 radical (unpaired) electrons. The molecule has 2 atom stereocenters. The minimum atomic E-state index is -1.14. The van der Waals surface area contributed by atoms with Gasteiger partial charge in [0.15, 0.2) is 0 Å². The number of hydrogen-bond donors (Lipinski definition) is 1. The third-order valence-corrected chi connectivity index (χ3v) is 3.46. The maximum atomic E-state index is 13.6. The molecular weight excluding hydrogens is 324 g/mol. The predicted molar refractivity (Wildman–Crippen MR) is 79.8 cm³/mol. The van der Waals surface area contributed by atoms with E-state index in [9.17, 15) is 23.2 Å². The molecule has 1 amide bonds. The fraction of sp³-hybridized carbons (Fsp3) is 0.438. The first kappa shape index (κ1) is 19.5. The Hall–Kier alpha value is -2.51. The van der Waals surface area contributed by atoms with E-state index in [4.69, 9.17) is 0 Å². The number of hydrogen-bond acceptors (Lipinski definition) is 5. The second-order valence-electron chi connectivity index (χ2n) is 5.20. The Bertz CT molecular complexity index is 600. The summed E-state index contributed by atoms with van der Waals surface area (Å²) in [5.74, 6) is -4.45. The minimum absolute atomic E-state index is 0.134. The van der Waals surface area contributed by atoms with Crippen molar-refractivity contribution in [3.63, 3.8) is 0 Å². The van der Waals surface area contributed by atoms with E-state index in [1.165, 1.54) is 13.2 Å². The molecule has 1 aromatic rings. The van der Waals surface area contributed by atoms with Gasteiger partial charge in [-0.25, -0.2) is 13.6 Å². The molecule has 0 saturated heterocycles. The molecule has 1 rings (SSSR count). The number of nitrogens with one attached hydrogen (secondary N) is 1. The molecule has 0 unspecified atom stereocenters. The molecule has 0 spiro atoms. The first-order valence-corrected chi connectivity index (χ1v) is 7.17. The maximum absolute atomic E-state index is 13.6. The van der Waals surface area contributed by atoms with E-state index in [2.05, 4.69) is 14.8 Å². The van der Waals surface area contributed by atoms with Crippen LogP contribution in [0.1, 0.15) is 18.9 Å². The van der Waals surface area contributed by atoms with Gasteiger partial charge in [-0.15, -0.1) is 0 Å². The summed E-state index contributed by atoms with van der Waals surface area (Å²) in [6.45, 7) is 1.54. The zero-order valence-corrected chi connectivity index (χ0v) is 13.6. The van der Waals surface area contributed by atoms with Gasteiger partial charge in [0.1, 0.15) is 17.7 Å². The molecule has 8 heteroatoms. The summed E-state index contributed by atoms with van der Waals surface area (Å²) in [5.41, 5.74) is -0.403. The van der Waals surface area contributed by atoms with Crippen LogP contribution in [0.25, 0.3) is 0 Å². The van der Waals surface area contributed by atoms with Gasteiger partial charge in [-0.3, -0.25) is 9.59 Å². The molecule has 0 aliphatic heterocycles. The minimum Gasteiger partial charge on any atom is -0.469 e. The standard InChI is InChI=1S/C16H19F2NO5/c1-9(7-14(21)23-2)15(16(22)24-3)19-13(20)8-10-11(17)5-4-6-12(10)18/h4-6,9,15H,7-8H2,1-3H3,(H,19,20)/t9-,15+/m0/s1. The molecule has 0 fully saturated rings. The smallest absolute Gasteiger partial charge is 0.328 e. The Morgan fingerprint density at radius 3 is 2.21 bits per heavy atom. The molecule has 1 aromatic carbocycles. The van der Waals surface area contributed by atoms with Crippen molar-refractivity contribution < 1.29 is 32.6 Å². The Labute approximate surface area is 138 Å². The molecular formula is C16H19F2NO5. The molecule has 132 valence electrons. The summed E-state index contributed by atoms with van der Waals surface area (Å²) < 4.78 is 36.3. The summed E-state index contributed by atoms with van der Waals surface area (Å²) >= 11 is 0. The van der Waals surface area contributed by atoms with Crippen LogP contribution >= 0.6 is 0 Å². The first-order chi connectivity index (χ1) is 11.3. The number of methoxy groups -OCH3 is 2. The molecule has 6 nitrogen and oxygen atoms in total. The van der Waals surface area contributed by atoms with Crippen LogP contribution < -0.4 is 5.32 Å². The van der Waals surface area contributed by atoms with Crippen LogP contribution in [0.4, 0.5) is 8.78 Å². The number of rotatable bonds is 7. The van der Waals surface area contributed by atoms with E-state index in [0.29, 0.717) is 0 Å². The third-order valence-electron chi connectivity index (χ3n) is 3.46. The van der Waals surface area contributed by atoms with E-state index >= 15 is 0 Å². The lowest BCUT2D eigenvalue weighted by Gasteiger charge is -2.22. The van der Waals surface area contributed by atoms with Gasteiger partial charge in [0.25, 0.3) is 0 Å². The number of halogens is 2. The molecule has 0 aliphatic carbocycles. The number of esters is 2. The van der Waals surface area contributed by atoms with Gasteiger partial charge in [0.2, 0.25) is 5.91 Å². The number of benzene rings is 1. The monoisotopic (exact) mass is 343 g/mol. The van der Waals surface area contributed by atoms with Crippen molar-refractivity contribution in [1.29, 1.82) is 0 Å². The zero-order chi connectivity index (χ0) is 18.3. The highest BCUT2D eigenvalue weighted by Gasteiger charge is 2.30. The Morgan fingerprint density at radius 2 is 1.71 bits per heavy atom. The number of carbonyl (C=O) groups is 3. The Balaban J connectivity index is 2.84. The summed E-state index contributed by atoms with van der Waals surface area (Å²) in [7, 11) is 2.32.